The van der Waals surface area contributed by atoms with Crippen LogP contribution in [0.1, 0.15) is 33.4 Å². The van der Waals surface area contributed by atoms with Gasteiger partial charge in [0.15, 0.2) is 9.49 Å². The number of hydrogen-bond donors (Lipinski definition) is 8. The van der Waals surface area contributed by atoms with E-state index in [2.05, 4.69) is 10.2 Å². The second kappa shape index (κ2) is 13.2. The third-order valence-electron chi connectivity index (χ3n) is 9.80. The van der Waals surface area contributed by atoms with Crippen LogP contribution >= 0.6 is 23.5 Å². The first kappa shape index (κ1) is 37.4. The molecule has 270 valence electrons. The van der Waals surface area contributed by atoms with Gasteiger partial charge in [0.2, 0.25) is 0 Å². The van der Waals surface area contributed by atoms with Gasteiger partial charge in [-0.15, -0.1) is 23.5 Å². The van der Waals surface area contributed by atoms with E-state index in [0.29, 0.717) is 20.9 Å². The van der Waals surface area contributed by atoms with Crippen LogP contribution in [0.4, 0.5) is 0 Å². The summed E-state index contributed by atoms with van der Waals surface area (Å²) < 4.78 is 72.0. The Labute approximate surface area is 308 Å². The number of benzene rings is 4. The van der Waals surface area contributed by atoms with Gasteiger partial charge in [-0.2, -0.15) is 27.0 Å². The molecule has 0 bridgehead atoms. The van der Waals surface area contributed by atoms with Gasteiger partial charge in [-0.1, -0.05) is 72.8 Å². The average Bonchev–Trinajstić information content (AvgIpc) is 3.11. The van der Waals surface area contributed by atoms with Crippen LogP contribution in [0, 0.1) is 10.8 Å². The van der Waals surface area contributed by atoms with Crippen LogP contribution in [0.25, 0.3) is 11.1 Å². The second-order valence-corrected chi connectivity index (χ2v) is 17.0. The molecule has 0 radical (unpaired) electrons. The van der Waals surface area contributed by atoms with Gasteiger partial charge in [0.1, 0.15) is 11.4 Å². The third kappa shape index (κ3) is 5.08. The van der Waals surface area contributed by atoms with E-state index in [9.17, 15) is 25.9 Å². The molecule has 4 atom stereocenters. The van der Waals surface area contributed by atoms with E-state index in [-0.39, 0.29) is 56.2 Å². The Bertz CT molecular complexity index is 2300. The highest BCUT2D eigenvalue weighted by Gasteiger charge is 2.60. The summed E-state index contributed by atoms with van der Waals surface area (Å²) in [6.07, 6.45) is 3.45. The highest BCUT2D eigenvalue weighted by molar-refractivity contribution is 7.99. The zero-order valence-corrected chi connectivity index (χ0v) is 30.9. The average molecular weight is 779 g/mol. The van der Waals surface area contributed by atoms with Gasteiger partial charge in [0.05, 0.1) is 23.5 Å². The Balaban J connectivity index is 1.59. The molecule has 14 nitrogen and oxygen atoms in total. The van der Waals surface area contributed by atoms with E-state index >= 15 is 0 Å². The molecule has 0 fully saturated rings. The fraction of sp³-hybridized carbons (Fsp3) is 0.176. The van der Waals surface area contributed by atoms with E-state index in [1.807, 2.05) is 0 Å². The molecule has 12 N–H and O–H groups in total. The molecule has 2 aliphatic rings. The van der Waals surface area contributed by atoms with Crippen LogP contribution in [0.3, 0.4) is 0 Å². The van der Waals surface area contributed by atoms with Crippen molar-refractivity contribution in [2.45, 2.75) is 31.4 Å². The predicted octanol–water partition coefficient (Wildman–Crippen LogP) is 3.11. The highest BCUT2D eigenvalue weighted by Crippen LogP contribution is 2.51. The smallest absolute Gasteiger partial charge is 0.281 e. The van der Waals surface area contributed by atoms with E-state index in [0.717, 1.165) is 0 Å². The molecule has 52 heavy (non-hydrogen) atoms. The molecule has 4 aromatic rings. The van der Waals surface area contributed by atoms with Crippen molar-refractivity contribution in [1.29, 1.82) is 10.8 Å². The lowest BCUT2D eigenvalue weighted by Gasteiger charge is -2.43. The van der Waals surface area contributed by atoms with Gasteiger partial charge < -0.3 is 23.2 Å². The van der Waals surface area contributed by atoms with Gasteiger partial charge in [0.25, 0.3) is 20.2 Å². The van der Waals surface area contributed by atoms with Gasteiger partial charge >= 0.3 is 0 Å². The van der Waals surface area contributed by atoms with Crippen LogP contribution in [0.5, 0.6) is 0 Å². The number of rotatable bonds is 7. The molecule has 0 saturated heterocycles. The third-order valence-corrected chi connectivity index (χ3v) is 14.4. The molecule has 0 saturated carbocycles. The first-order valence-electron chi connectivity index (χ1n) is 15.3. The quantitative estimate of drug-likeness (QED) is 0.0582. The molecular weight excluding hydrogens is 745 g/mol. The molecule has 0 spiro atoms. The van der Waals surface area contributed by atoms with Crippen LogP contribution in [-0.2, 0) is 29.7 Å². The number of nitrogens with one attached hydrogen (secondary N) is 2. The zero-order valence-electron chi connectivity index (χ0n) is 27.6. The van der Waals surface area contributed by atoms with Crippen molar-refractivity contribution in [2.24, 2.45) is 33.4 Å². The van der Waals surface area contributed by atoms with Crippen LogP contribution in [0.15, 0.2) is 105 Å². The predicted molar refractivity (Wildman–Crippen MR) is 206 cm³/mol. The summed E-state index contributed by atoms with van der Waals surface area (Å²) >= 11 is 2.40. The molecule has 6 rings (SSSR count). The van der Waals surface area contributed by atoms with Crippen molar-refractivity contribution in [1.82, 2.24) is 0 Å². The van der Waals surface area contributed by atoms with E-state index < -0.39 is 41.8 Å². The maximum absolute atomic E-state index is 13.6. The number of nitrogens with two attached hydrogens (primary N) is 4. The monoisotopic (exact) mass is 778 g/mol. The van der Waals surface area contributed by atoms with Crippen molar-refractivity contribution in [3.8, 4) is 11.1 Å². The van der Waals surface area contributed by atoms with Gasteiger partial charge in [0, 0.05) is 20.9 Å². The summed E-state index contributed by atoms with van der Waals surface area (Å²) in [5.74, 6) is 11.3. The fourth-order valence-electron chi connectivity index (χ4n) is 7.50. The SMILES string of the molecule is CSc1cc(-c2ccc(C3(S(=O)(=O)O)c4ccccc4C(=N)/C(=N/N)C3N)c(SC)c2)ccc1C1(S(=O)(=O)O)c2ccccc2C(=N)/C(=N\N)C1N. The minimum absolute atomic E-state index is 0.0903. The summed E-state index contributed by atoms with van der Waals surface area (Å²) in [6, 6.07) is 19.1. The van der Waals surface area contributed by atoms with Gasteiger partial charge in [-0.3, -0.25) is 19.9 Å². The molecule has 4 unspecified atom stereocenters. The highest BCUT2D eigenvalue weighted by atomic mass is 32.2. The molecule has 0 aliphatic heterocycles. The van der Waals surface area contributed by atoms with Crippen molar-refractivity contribution >= 4 is 66.6 Å². The van der Waals surface area contributed by atoms with Crippen molar-refractivity contribution < 1.29 is 25.9 Å². The summed E-state index contributed by atoms with van der Waals surface area (Å²) in [6.45, 7) is 0. The Morgan fingerprint density at radius 2 is 0.962 bits per heavy atom. The lowest BCUT2D eigenvalue weighted by Crippen LogP contribution is -2.61. The number of hydrazone groups is 2. The number of fused-ring (bicyclic) bond motifs is 2. The Hall–Kier alpha value is -4.40. The summed E-state index contributed by atoms with van der Waals surface area (Å²) in [7, 11) is -10.1. The molecule has 4 aromatic carbocycles. The topological polar surface area (TPSA) is 285 Å². The van der Waals surface area contributed by atoms with E-state index in [1.54, 1.807) is 61.0 Å². The molecule has 18 heteroatoms. The number of nitrogens with zero attached hydrogens (tertiary/aromatic N) is 2. The first-order chi connectivity index (χ1) is 24.6. The molecule has 0 heterocycles. The Kier molecular flexibility index (Phi) is 9.50. The lowest BCUT2D eigenvalue weighted by atomic mass is 9.72. The minimum Gasteiger partial charge on any atom is -0.323 e. The standard InChI is InChI=1S/C34H34N8O6S4/c1-49-25-15-17(11-13-23(25)33(51(43,44)45)21-9-5-3-7-19(21)27(35)29(41-39)31(33)37)18-12-14-24(26(16-18)50-2)34(52(46,47)48)22-10-6-4-8-20(22)28(36)30(42-40)32(34)38/h3-16,31-32,35-36H,37-40H2,1-2H3,(H,43,44,45)(H,46,47,48)/b35-27?,36-28?,41-29-,42-30+. The van der Waals surface area contributed by atoms with Crippen LogP contribution < -0.4 is 23.2 Å². The van der Waals surface area contributed by atoms with Crippen molar-refractivity contribution in [2.75, 3.05) is 12.5 Å². The maximum atomic E-state index is 13.6. The second-order valence-electron chi connectivity index (χ2n) is 12.1. The minimum atomic E-state index is -5.07. The summed E-state index contributed by atoms with van der Waals surface area (Å²) in [5, 5.41) is 24.7. The molecule has 0 aromatic heterocycles. The normalized spacial score (nSPS) is 24.9. The number of thioether (sulfide) groups is 2. The lowest BCUT2D eigenvalue weighted by molar-refractivity contribution is 0.432. The Morgan fingerprint density at radius 3 is 1.27 bits per heavy atom. The van der Waals surface area contributed by atoms with Crippen molar-refractivity contribution in [3.63, 3.8) is 0 Å². The van der Waals surface area contributed by atoms with Gasteiger partial charge in [-0.05, 0) is 58.0 Å². The summed E-state index contributed by atoms with van der Waals surface area (Å²) in [5.41, 5.74) is 14.4. The fourth-order valence-corrected chi connectivity index (χ4v) is 11.7. The Morgan fingerprint density at radius 1 is 0.615 bits per heavy atom. The van der Waals surface area contributed by atoms with Crippen LogP contribution in [0.2, 0.25) is 0 Å². The summed E-state index contributed by atoms with van der Waals surface area (Å²) in [4.78, 5) is 0.833. The molecule has 0 amide bonds. The zero-order chi connectivity index (χ0) is 38.0. The largest absolute Gasteiger partial charge is 0.323 e. The van der Waals surface area contributed by atoms with Crippen molar-refractivity contribution in [3.05, 3.63) is 118 Å². The molecular formula is C34H34N8O6S4. The van der Waals surface area contributed by atoms with E-state index in [4.69, 9.17) is 34.0 Å². The first-order valence-corrected chi connectivity index (χ1v) is 20.7. The van der Waals surface area contributed by atoms with Crippen LogP contribution in [-0.4, -0.2) is 73.4 Å². The maximum Gasteiger partial charge on any atom is 0.281 e. The molecule has 2 aliphatic carbocycles. The number of hydrogen-bond acceptors (Lipinski definition) is 14. The van der Waals surface area contributed by atoms with Gasteiger partial charge in [-0.25, -0.2) is 0 Å². The van der Waals surface area contributed by atoms with E-state index in [1.165, 1.54) is 59.9 Å².